The predicted molar refractivity (Wildman–Crippen MR) is 167 cm³/mol. The molecule has 0 saturated heterocycles. The van der Waals surface area contributed by atoms with Gasteiger partial charge in [-0.25, -0.2) is 4.79 Å². The zero-order chi connectivity index (χ0) is 30.7. The van der Waals surface area contributed by atoms with Crippen LogP contribution < -0.4 is 5.73 Å². The second-order valence-corrected chi connectivity index (χ2v) is 11.7. The minimum atomic E-state index is -1.07. The van der Waals surface area contributed by atoms with Gasteiger partial charge in [0.1, 0.15) is 6.04 Å². The predicted octanol–water partition coefficient (Wildman–Crippen LogP) is 7.10. The molecule has 8 nitrogen and oxygen atoms in total. The third-order valence-electron chi connectivity index (χ3n) is 7.29. The molecule has 1 amide bonds. The molecule has 0 aliphatic heterocycles. The zero-order valence-corrected chi connectivity index (χ0v) is 24.6. The smallest absolute Gasteiger partial charge is 0.326 e. The summed E-state index contributed by atoms with van der Waals surface area (Å²) in [5.74, 6) is -0.622. The van der Waals surface area contributed by atoms with Gasteiger partial charge in [0, 0.05) is 28.9 Å². The Kier molecular flexibility index (Phi) is 8.12. The number of hydrogen-bond acceptors (Lipinski definition) is 6. The number of aryl methyl sites for hydroxylation is 1. The van der Waals surface area contributed by atoms with Crippen molar-refractivity contribution < 1.29 is 19.2 Å². The highest BCUT2D eigenvalue weighted by atomic mass is 16.5. The van der Waals surface area contributed by atoms with E-state index in [1.54, 1.807) is 24.3 Å². The van der Waals surface area contributed by atoms with E-state index in [9.17, 15) is 14.7 Å². The van der Waals surface area contributed by atoms with Gasteiger partial charge in [-0.05, 0) is 65.4 Å². The number of carbonyl (C=O) groups is 2. The van der Waals surface area contributed by atoms with E-state index in [1.165, 1.54) is 10.5 Å². The van der Waals surface area contributed by atoms with E-state index in [-0.39, 0.29) is 12.5 Å². The van der Waals surface area contributed by atoms with Crippen LogP contribution in [-0.2, 0) is 11.3 Å². The summed E-state index contributed by atoms with van der Waals surface area (Å²) in [7, 11) is 0. The molecule has 0 radical (unpaired) electrons. The molecular formula is C35H34N4O4. The first-order valence-corrected chi connectivity index (χ1v) is 14.0. The number of nitrogens with two attached hydrogens (primary N) is 1. The van der Waals surface area contributed by atoms with Gasteiger partial charge in [0.25, 0.3) is 11.8 Å². The number of nitrogen functional groups attached to an aromatic ring is 1. The number of aromatic nitrogens is 2. The molecular weight excluding hydrogens is 540 g/mol. The highest BCUT2D eigenvalue weighted by Gasteiger charge is 2.39. The number of carbonyl (C=O) groups excluding carboxylic acids is 1. The summed E-state index contributed by atoms with van der Waals surface area (Å²) < 4.78 is 5.56. The number of anilines is 1. The maximum atomic E-state index is 13.6. The molecule has 43 heavy (non-hydrogen) atoms. The van der Waals surface area contributed by atoms with Crippen LogP contribution in [0.5, 0.6) is 0 Å². The number of carboxylic acid groups (broad SMARTS) is 1. The summed E-state index contributed by atoms with van der Waals surface area (Å²) in [6, 6.07) is 29.1. The second-order valence-electron chi connectivity index (χ2n) is 11.7. The summed E-state index contributed by atoms with van der Waals surface area (Å²) >= 11 is 0. The number of amides is 1. The number of nitrogens with zero attached hydrogens (tertiary/aromatic N) is 3. The molecule has 0 spiro atoms. The summed E-state index contributed by atoms with van der Waals surface area (Å²) in [5, 5.41) is 14.3. The number of carboxylic acids is 1. The molecule has 0 aliphatic carbocycles. The number of aliphatic carboxylic acids is 1. The topological polar surface area (TPSA) is 123 Å². The van der Waals surface area contributed by atoms with Crippen molar-refractivity contribution in [1.29, 1.82) is 0 Å². The SMILES string of the molecule is Cc1ccc(-c2ccc(-c3nc(-c4ccc(CN(C(=O)c5ccc(N)cc5)C(C(=O)O)C(C)(C)C)cc4)no3)cc2)cc1. The van der Waals surface area contributed by atoms with Gasteiger partial charge in [0.15, 0.2) is 0 Å². The van der Waals surface area contributed by atoms with Crippen LogP contribution in [0, 0.1) is 12.3 Å². The molecule has 1 aromatic heterocycles. The number of benzene rings is 4. The normalized spacial score (nSPS) is 12.1. The Labute approximate surface area is 250 Å². The van der Waals surface area contributed by atoms with Crippen LogP contribution in [0.15, 0.2) is 102 Å². The first-order chi connectivity index (χ1) is 20.5. The fourth-order valence-electron chi connectivity index (χ4n) is 5.01. The van der Waals surface area contributed by atoms with E-state index in [4.69, 9.17) is 10.3 Å². The summed E-state index contributed by atoms with van der Waals surface area (Å²) in [5.41, 5.74) is 11.7. The Morgan fingerprint density at radius 3 is 1.91 bits per heavy atom. The molecule has 0 aliphatic rings. The first-order valence-electron chi connectivity index (χ1n) is 14.0. The summed E-state index contributed by atoms with van der Waals surface area (Å²) in [6.45, 7) is 7.59. The van der Waals surface area contributed by atoms with Gasteiger partial charge < -0.3 is 20.3 Å². The molecule has 5 rings (SSSR count). The third-order valence-corrected chi connectivity index (χ3v) is 7.29. The largest absolute Gasteiger partial charge is 0.480 e. The van der Waals surface area contributed by atoms with Gasteiger partial charge in [-0.3, -0.25) is 4.79 Å². The first kappa shape index (κ1) is 29.3. The van der Waals surface area contributed by atoms with Crippen molar-refractivity contribution in [1.82, 2.24) is 15.0 Å². The maximum Gasteiger partial charge on any atom is 0.326 e. The molecule has 1 atom stereocenters. The highest BCUT2D eigenvalue weighted by Crippen LogP contribution is 2.30. The minimum Gasteiger partial charge on any atom is -0.480 e. The van der Waals surface area contributed by atoms with Gasteiger partial charge in [-0.15, -0.1) is 0 Å². The third kappa shape index (κ3) is 6.64. The lowest BCUT2D eigenvalue weighted by Gasteiger charge is -2.37. The lowest BCUT2D eigenvalue weighted by Crippen LogP contribution is -2.51. The second kappa shape index (κ2) is 11.9. The number of rotatable bonds is 8. The van der Waals surface area contributed by atoms with Crippen LogP contribution in [0.1, 0.15) is 42.3 Å². The Hall–Kier alpha value is -5.24. The van der Waals surface area contributed by atoms with Gasteiger partial charge in [-0.1, -0.05) is 92.2 Å². The average Bonchev–Trinajstić information content (AvgIpc) is 3.47. The van der Waals surface area contributed by atoms with Crippen molar-refractivity contribution in [2.45, 2.75) is 40.3 Å². The summed E-state index contributed by atoms with van der Waals surface area (Å²) in [4.78, 5) is 32.0. The molecule has 5 aromatic rings. The van der Waals surface area contributed by atoms with E-state index in [0.717, 1.165) is 27.8 Å². The van der Waals surface area contributed by atoms with Gasteiger partial charge in [0.05, 0.1) is 0 Å². The Bertz CT molecular complexity index is 1720. The number of hydrogen-bond donors (Lipinski definition) is 2. The Morgan fingerprint density at radius 1 is 0.814 bits per heavy atom. The fraction of sp³-hybridized carbons (Fsp3) is 0.200. The Balaban J connectivity index is 1.35. The van der Waals surface area contributed by atoms with Crippen LogP contribution in [0.3, 0.4) is 0 Å². The van der Waals surface area contributed by atoms with Crippen molar-refractivity contribution in [2.24, 2.45) is 5.41 Å². The average molecular weight is 575 g/mol. The van der Waals surface area contributed by atoms with Crippen molar-refractivity contribution in [3.63, 3.8) is 0 Å². The van der Waals surface area contributed by atoms with Crippen LogP contribution in [0.25, 0.3) is 34.0 Å². The molecule has 1 unspecified atom stereocenters. The highest BCUT2D eigenvalue weighted by molar-refractivity contribution is 5.97. The van der Waals surface area contributed by atoms with Crippen LogP contribution >= 0.6 is 0 Å². The van der Waals surface area contributed by atoms with Crippen molar-refractivity contribution >= 4 is 17.6 Å². The van der Waals surface area contributed by atoms with Crippen LogP contribution in [-0.4, -0.2) is 38.1 Å². The van der Waals surface area contributed by atoms with Gasteiger partial charge in [0.2, 0.25) is 5.82 Å². The van der Waals surface area contributed by atoms with E-state index in [0.29, 0.717) is 23.0 Å². The Morgan fingerprint density at radius 2 is 1.35 bits per heavy atom. The molecule has 1 heterocycles. The summed E-state index contributed by atoms with van der Waals surface area (Å²) in [6.07, 6.45) is 0. The monoisotopic (exact) mass is 574 g/mol. The van der Waals surface area contributed by atoms with Gasteiger partial charge in [-0.2, -0.15) is 4.98 Å². The van der Waals surface area contributed by atoms with Crippen LogP contribution in [0.2, 0.25) is 0 Å². The van der Waals surface area contributed by atoms with Crippen molar-refractivity contribution in [3.05, 3.63) is 114 Å². The molecule has 0 fully saturated rings. The van der Waals surface area contributed by atoms with Crippen molar-refractivity contribution in [2.75, 3.05) is 5.73 Å². The van der Waals surface area contributed by atoms with E-state index >= 15 is 0 Å². The quantitative estimate of drug-likeness (QED) is 0.189. The van der Waals surface area contributed by atoms with E-state index < -0.39 is 17.4 Å². The van der Waals surface area contributed by atoms with Crippen molar-refractivity contribution in [3.8, 4) is 34.0 Å². The molecule has 0 saturated carbocycles. The van der Waals surface area contributed by atoms with E-state index in [1.807, 2.05) is 69.3 Å². The maximum absolute atomic E-state index is 13.6. The minimum absolute atomic E-state index is 0.0998. The molecule has 3 N–H and O–H groups in total. The standard InChI is InChI=1S/C35H34N4O4/c1-22-5-9-24(10-6-22)25-13-15-27(16-14-25)32-37-31(38-43-32)26-11-7-23(8-12-26)21-39(30(34(41)42)35(2,3)4)33(40)28-17-19-29(36)20-18-28/h5-20,30H,21,36H2,1-4H3,(H,41,42). The molecule has 0 bridgehead atoms. The lowest BCUT2D eigenvalue weighted by molar-refractivity contribution is -0.146. The lowest BCUT2D eigenvalue weighted by atomic mass is 9.85. The molecule has 8 heteroatoms. The fourth-order valence-corrected chi connectivity index (χ4v) is 5.01. The van der Waals surface area contributed by atoms with Crippen LogP contribution in [0.4, 0.5) is 5.69 Å². The van der Waals surface area contributed by atoms with E-state index in [2.05, 4.69) is 41.3 Å². The zero-order valence-electron chi connectivity index (χ0n) is 24.6. The molecule has 4 aromatic carbocycles. The van der Waals surface area contributed by atoms with Gasteiger partial charge >= 0.3 is 5.97 Å². The molecule has 218 valence electrons.